The minimum Gasteiger partial charge on any atom is -0.351 e. The summed E-state index contributed by atoms with van der Waals surface area (Å²) >= 11 is 3.26. The van der Waals surface area contributed by atoms with Gasteiger partial charge in [0.05, 0.1) is 0 Å². The number of nitrogens with two attached hydrogens (primary N) is 1. The van der Waals surface area contributed by atoms with E-state index in [0.717, 1.165) is 5.92 Å². The number of hydrogen-bond acceptors (Lipinski definition) is 2. The number of carbonyl (C=O) groups excluding carboxylic acids is 2. The van der Waals surface area contributed by atoms with Gasteiger partial charge in [0.1, 0.15) is 4.32 Å². The lowest BCUT2D eigenvalue weighted by Gasteiger charge is -2.21. The van der Waals surface area contributed by atoms with Crippen molar-refractivity contribution in [3.8, 4) is 0 Å². The van der Waals surface area contributed by atoms with Crippen LogP contribution < -0.4 is 11.1 Å². The number of carbonyl (C=O) groups is 2. The predicted octanol–water partition coefficient (Wildman–Crippen LogP) is 11.0. The average Bonchev–Trinajstić information content (AvgIpc) is 2.87. The van der Waals surface area contributed by atoms with Crippen molar-refractivity contribution in [2.24, 2.45) is 11.7 Å². The van der Waals surface area contributed by atoms with Gasteiger partial charge in [0, 0.05) is 0 Å². The normalized spacial score (nSPS) is 12.1. The molecule has 0 fully saturated rings. The molecule has 0 saturated carbocycles. The molecule has 0 spiro atoms. The Kier molecular flexibility index (Phi) is 29.6. The maximum atomic E-state index is 11.3. The summed E-state index contributed by atoms with van der Waals surface area (Å²) in [4.78, 5) is 21.6. The van der Waals surface area contributed by atoms with Crippen LogP contribution in [0.3, 0.4) is 0 Å². The third-order valence-electron chi connectivity index (χ3n) is 7.60. The highest BCUT2D eigenvalue weighted by Gasteiger charge is 2.32. The van der Waals surface area contributed by atoms with Gasteiger partial charge in [0.15, 0.2) is 0 Å². The van der Waals surface area contributed by atoms with E-state index in [2.05, 4.69) is 36.7 Å². The van der Waals surface area contributed by atoms with Crippen LogP contribution >= 0.6 is 15.9 Å². The lowest BCUT2D eigenvalue weighted by Crippen LogP contribution is -2.46. The van der Waals surface area contributed by atoms with Gasteiger partial charge in [-0.15, -0.1) is 0 Å². The number of amides is 3. The first-order valence-electron chi connectivity index (χ1n) is 16.1. The van der Waals surface area contributed by atoms with Crippen LogP contribution in [0.25, 0.3) is 0 Å². The number of urea groups is 1. The Labute approximate surface area is 240 Å². The number of halogens is 1. The third kappa shape index (κ3) is 26.8. The minimum absolute atomic E-state index is 0.375. The van der Waals surface area contributed by atoms with Crippen molar-refractivity contribution in [1.29, 1.82) is 0 Å². The standard InChI is InChI=1S/C25H52.C7H13BrN2O2/c1-4-6-7-8-9-10-11-12-13-14-15-16-17-18-19-20-21-22-24-25(3)23-5-2;1-3-7(8,4-2)5(11)10-6(9)12/h25H,4-24H2,1-3H3;3-4H2,1-2H3,(H3,9,10,11,12). The van der Waals surface area contributed by atoms with Crippen LogP contribution in [-0.4, -0.2) is 16.3 Å². The Balaban J connectivity index is 0. The van der Waals surface area contributed by atoms with E-state index in [1.165, 1.54) is 135 Å². The lowest BCUT2D eigenvalue weighted by molar-refractivity contribution is -0.122. The van der Waals surface area contributed by atoms with Crippen molar-refractivity contribution >= 4 is 27.9 Å². The van der Waals surface area contributed by atoms with E-state index in [1.54, 1.807) is 0 Å². The summed E-state index contributed by atoms with van der Waals surface area (Å²) in [5.74, 6) is 0.589. The number of unbranched alkanes of at least 4 members (excludes halogenated alkanes) is 17. The van der Waals surface area contributed by atoms with Gasteiger partial charge >= 0.3 is 6.03 Å². The predicted molar refractivity (Wildman–Crippen MR) is 167 cm³/mol. The number of alkyl halides is 1. The van der Waals surface area contributed by atoms with Crippen molar-refractivity contribution in [3.05, 3.63) is 0 Å². The summed E-state index contributed by atoms with van der Waals surface area (Å²) in [5.41, 5.74) is 4.81. The Morgan fingerprint density at radius 1 is 0.622 bits per heavy atom. The lowest BCUT2D eigenvalue weighted by atomic mass is 9.98. The van der Waals surface area contributed by atoms with Crippen LogP contribution in [0.1, 0.15) is 182 Å². The molecule has 0 aliphatic carbocycles. The fraction of sp³-hybridized carbons (Fsp3) is 0.938. The van der Waals surface area contributed by atoms with Crippen LogP contribution in [0.5, 0.6) is 0 Å². The molecule has 0 aromatic heterocycles. The van der Waals surface area contributed by atoms with E-state index < -0.39 is 10.4 Å². The van der Waals surface area contributed by atoms with Gasteiger partial charge in [-0.3, -0.25) is 10.1 Å². The van der Waals surface area contributed by atoms with Gasteiger partial charge in [-0.05, 0) is 18.8 Å². The molecule has 4 nitrogen and oxygen atoms in total. The molecule has 0 aliphatic rings. The first-order chi connectivity index (χ1) is 17.8. The first-order valence-corrected chi connectivity index (χ1v) is 16.9. The molecule has 1 atom stereocenters. The molecule has 0 rings (SSSR count). The van der Waals surface area contributed by atoms with Crippen molar-refractivity contribution in [1.82, 2.24) is 5.32 Å². The molecule has 0 aromatic rings. The van der Waals surface area contributed by atoms with Gasteiger partial charge in [-0.1, -0.05) is 185 Å². The van der Waals surface area contributed by atoms with Crippen LogP contribution in [0.4, 0.5) is 4.79 Å². The van der Waals surface area contributed by atoms with Gasteiger partial charge < -0.3 is 5.73 Å². The molecule has 3 amide bonds. The van der Waals surface area contributed by atoms with Crippen molar-refractivity contribution < 1.29 is 9.59 Å². The SMILES string of the molecule is CCC(Br)(CC)C(=O)NC(N)=O.CCCCCCCCCCCCCCCCCCCCC(C)CCC. The topological polar surface area (TPSA) is 72.2 Å². The molecule has 0 bridgehead atoms. The molecule has 3 N–H and O–H groups in total. The number of imide groups is 1. The fourth-order valence-corrected chi connectivity index (χ4v) is 4.93. The Morgan fingerprint density at radius 3 is 1.27 bits per heavy atom. The van der Waals surface area contributed by atoms with Crippen LogP contribution in [0.15, 0.2) is 0 Å². The second-order valence-electron chi connectivity index (χ2n) is 11.2. The zero-order chi connectivity index (χ0) is 28.2. The number of primary amides is 1. The highest BCUT2D eigenvalue weighted by atomic mass is 79.9. The van der Waals surface area contributed by atoms with Crippen molar-refractivity contribution in [2.75, 3.05) is 0 Å². The molecular weight excluding hydrogens is 524 g/mol. The zero-order valence-electron chi connectivity index (χ0n) is 25.6. The second kappa shape index (κ2) is 28.4. The summed E-state index contributed by atoms with van der Waals surface area (Å²) in [5, 5.41) is 2.04. The van der Waals surface area contributed by atoms with E-state index in [0.29, 0.717) is 12.8 Å². The number of hydrogen-bond donors (Lipinski definition) is 2. The molecule has 222 valence electrons. The quantitative estimate of drug-likeness (QED) is 0.0868. The number of rotatable bonds is 24. The molecule has 5 heteroatoms. The van der Waals surface area contributed by atoms with E-state index in [4.69, 9.17) is 5.73 Å². The number of nitrogens with one attached hydrogen (secondary N) is 1. The summed E-state index contributed by atoms with van der Waals surface area (Å²) in [7, 11) is 0. The highest BCUT2D eigenvalue weighted by molar-refractivity contribution is 9.10. The molecule has 1 unspecified atom stereocenters. The largest absolute Gasteiger partial charge is 0.351 e. The smallest absolute Gasteiger partial charge is 0.318 e. The van der Waals surface area contributed by atoms with E-state index in [1.807, 2.05) is 19.2 Å². The summed E-state index contributed by atoms with van der Waals surface area (Å²) < 4.78 is -0.665. The van der Waals surface area contributed by atoms with Crippen LogP contribution in [0.2, 0.25) is 0 Å². The van der Waals surface area contributed by atoms with E-state index in [9.17, 15) is 9.59 Å². The molecule has 0 aromatic carbocycles. The Morgan fingerprint density at radius 2 is 0.973 bits per heavy atom. The molecule has 37 heavy (non-hydrogen) atoms. The monoisotopic (exact) mass is 588 g/mol. The van der Waals surface area contributed by atoms with Gasteiger partial charge in [0.2, 0.25) is 5.91 Å². The van der Waals surface area contributed by atoms with Crippen molar-refractivity contribution in [2.45, 2.75) is 187 Å². The van der Waals surface area contributed by atoms with Crippen molar-refractivity contribution in [3.63, 3.8) is 0 Å². The first kappa shape index (κ1) is 38.6. The fourth-order valence-electron chi connectivity index (χ4n) is 4.83. The average molecular weight is 590 g/mol. The van der Waals surface area contributed by atoms with E-state index >= 15 is 0 Å². The maximum Gasteiger partial charge on any atom is 0.318 e. The third-order valence-corrected chi connectivity index (χ3v) is 9.08. The Bertz CT molecular complexity index is 509. The summed E-state index contributed by atoms with van der Waals surface area (Å²) in [6.45, 7) is 10.8. The summed E-state index contributed by atoms with van der Waals surface area (Å²) in [6.07, 6.45) is 32.1. The highest BCUT2D eigenvalue weighted by Crippen LogP contribution is 2.26. The molecule has 0 radical (unpaired) electrons. The second-order valence-corrected chi connectivity index (χ2v) is 12.7. The van der Waals surface area contributed by atoms with Crippen LogP contribution in [-0.2, 0) is 4.79 Å². The molecule has 0 aliphatic heterocycles. The molecule has 0 saturated heterocycles. The van der Waals surface area contributed by atoms with Gasteiger partial charge in [-0.25, -0.2) is 4.79 Å². The van der Waals surface area contributed by atoms with Crippen LogP contribution in [0, 0.1) is 5.92 Å². The maximum absolute atomic E-state index is 11.3. The van der Waals surface area contributed by atoms with Gasteiger partial charge in [-0.2, -0.15) is 0 Å². The summed E-state index contributed by atoms with van der Waals surface area (Å²) in [6, 6.07) is -0.814. The minimum atomic E-state index is -0.814. The molecule has 0 heterocycles. The molecular formula is C32H65BrN2O2. The zero-order valence-corrected chi connectivity index (χ0v) is 27.2. The van der Waals surface area contributed by atoms with Gasteiger partial charge in [0.25, 0.3) is 0 Å². The van der Waals surface area contributed by atoms with E-state index in [-0.39, 0.29) is 5.91 Å². The Hall–Kier alpha value is -0.580.